The van der Waals surface area contributed by atoms with Gasteiger partial charge in [0.25, 0.3) is 0 Å². The lowest BCUT2D eigenvalue weighted by Crippen LogP contribution is -2.30. The molecule has 1 aliphatic carbocycles. The van der Waals surface area contributed by atoms with Gasteiger partial charge in [-0.05, 0) is 49.6 Å². The van der Waals surface area contributed by atoms with Crippen molar-refractivity contribution in [2.24, 2.45) is 23.7 Å². The molecule has 3 aliphatic rings. The van der Waals surface area contributed by atoms with E-state index in [0.717, 1.165) is 23.7 Å². The average Bonchev–Trinajstić information content (AvgIpc) is 2.86. The number of likely N-dealkylation sites (tertiary alicyclic amines) is 2. The van der Waals surface area contributed by atoms with E-state index in [1.165, 1.54) is 52.1 Å². The van der Waals surface area contributed by atoms with Gasteiger partial charge in [0.1, 0.15) is 0 Å². The Labute approximate surface area is 100.0 Å². The number of nitrogens with zero attached hydrogens (tertiary/aromatic N) is 2. The summed E-state index contributed by atoms with van der Waals surface area (Å²) < 4.78 is 0. The number of rotatable bonds is 2. The van der Waals surface area contributed by atoms with E-state index >= 15 is 0 Å². The van der Waals surface area contributed by atoms with Gasteiger partial charge in [0.15, 0.2) is 0 Å². The molecule has 0 aromatic heterocycles. The average molecular weight is 222 g/mol. The van der Waals surface area contributed by atoms with E-state index in [2.05, 4.69) is 23.6 Å². The molecule has 0 amide bonds. The third kappa shape index (κ3) is 1.80. The number of fused-ring (bicyclic) bond motifs is 2. The van der Waals surface area contributed by atoms with Gasteiger partial charge < -0.3 is 9.80 Å². The SMILES string of the molecule is CCN1CC2CC3CN(CC)CC3CC2C1. The Hall–Kier alpha value is -0.0800. The molecule has 4 unspecified atom stereocenters. The molecule has 0 aromatic rings. The van der Waals surface area contributed by atoms with Crippen LogP contribution in [0.4, 0.5) is 0 Å². The van der Waals surface area contributed by atoms with Crippen molar-refractivity contribution < 1.29 is 0 Å². The van der Waals surface area contributed by atoms with Crippen molar-refractivity contribution in [1.82, 2.24) is 9.80 Å². The molecule has 0 bridgehead atoms. The summed E-state index contributed by atoms with van der Waals surface area (Å²) in [6.45, 7) is 12.8. The fourth-order valence-electron chi connectivity index (χ4n) is 4.43. The second-order valence-corrected chi connectivity index (χ2v) is 6.22. The van der Waals surface area contributed by atoms with E-state index in [1.54, 1.807) is 0 Å². The fraction of sp³-hybridized carbons (Fsp3) is 1.00. The van der Waals surface area contributed by atoms with Crippen LogP contribution in [0, 0.1) is 23.7 Å². The van der Waals surface area contributed by atoms with Crippen LogP contribution in [0.5, 0.6) is 0 Å². The lowest BCUT2D eigenvalue weighted by Gasteiger charge is -2.33. The van der Waals surface area contributed by atoms with E-state index in [-0.39, 0.29) is 0 Å². The van der Waals surface area contributed by atoms with Crippen molar-refractivity contribution in [3.63, 3.8) is 0 Å². The van der Waals surface area contributed by atoms with Crippen LogP contribution in [0.15, 0.2) is 0 Å². The first-order valence-corrected chi connectivity index (χ1v) is 7.24. The molecule has 0 N–H and O–H groups in total. The van der Waals surface area contributed by atoms with Crippen molar-refractivity contribution in [3.8, 4) is 0 Å². The summed E-state index contributed by atoms with van der Waals surface area (Å²) in [4.78, 5) is 5.35. The Balaban J connectivity index is 1.64. The molecule has 2 heteroatoms. The highest BCUT2D eigenvalue weighted by Crippen LogP contribution is 2.45. The van der Waals surface area contributed by atoms with Crippen LogP contribution in [-0.4, -0.2) is 49.1 Å². The molecule has 0 aromatic carbocycles. The minimum atomic E-state index is 1.04. The van der Waals surface area contributed by atoms with Crippen LogP contribution < -0.4 is 0 Å². The van der Waals surface area contributed by atoms with E-state index in [1.807, 2.05) is 0 Å². The quantitative estimate of drug-likeness (QED) is 0.704. The van der Waals surface area contributed by atoms with Crippen LogP contribution in [-0.2, 0) is 0 Å². The van der Waals surface area contributed by atoms with E-state index in [0.29, 0.717) is 0 Å². The third-order valence-corrected chi connectivity index (χ3v) is 5.41. The van der Waals surface area contributed by atoms with Crippen molar-refractivity contribution in [3.05, 3.63) is 0 Å². The fourth-order valence-corrected chi connectivity index (χ4v) is 4.43. The van der Waals surface area contributed by atoms with Gasteiger partial charge in [-0.25, -0.2) is 0 Å². The molecule has 2 heterocycles. The summed E-state index contributed by atoms with van der Waals surface area (Å²) in [6.07, 6.45) is 3.06. The molecule has 0 spiro atoms. The standard InChI is InChI=1S/C14H26N2/c1-3-15-7-11-5-13-9-16(4-2)10-14(13)6-12(11)8-15/h11-14H,3-10H2,1-2H3. The molecule has 92 valence electrons. The summed E-state index contributed by atoms with van der Waals surface area (Å²) in [7, 11) is 0. The van der Waals surface area contributed by atoms with Gasteiger partial charge in [0.05, 0.1) is 0 Å². The van der Waals surface area contributed by atoms with Gasteiger partial charge in [-0.1, -0.05) is 13.8 Å². The Bertz CT molecular complexity index is 207. The van der Waals surface area contributed by atoms with Crippen molar-refractivity contribution in [2.45, 2.75) is 26.7 Å². The van der Waals surface area contributed by atoms with E-state index in [4.69, 9.17) is 0 Å². The molecular formula is C14H26N2. The van der Waals surface area contributed by atoms with Crippen LogP contribution >= 0.6 is 0 Å². The lowest BCUT2D eigenvalue weighted by atomic mass is 9.71. The minimum absolute atomic E-state index is 1.04. The zero-order chi connectivity index (χ0) is 11.1. The Morgan fingerprint density at radius 2 is 1.00 bits per heavy atom. The van der Waals surface area contributed by atoms with Gasteiger partial charge in [0.2, 0.25) is 0 Å². The second-order valence-electron chi connectivity index (χ2n) is 6.22. The number of hydrogen-bond donors (Lipinski definition) is 0. The normalized spacial score (nSPS) is 44.6. The molecule has 4 atom stereocenters. The molecule has 3 rings (SSSR count). The van der Waals surface area contributed by atoms with Crippen LogP contribution in [0.1, 0.15) is 26.7 Å². The lowest BCUT2D eigenvalue weighted by molar-refractivity contribution is 0.184. The molecule has 2 nitrogen and oxygen atoms in total. The Morgan fingerprint density at radius 3 is 1.25 bits per heavy atom. The van der Waals surface area contributed by atoms with Gasteiger partial charge in [-0.2, -0.15) is 0 Å². The van der Waals surface area contributed by atoms with Gasteiger partial charge in [-0.3, -0.25) is 0 Å². The zero-order valence-corrected chi connectivity index (χ0v) is 10.9. The van der Waals surface area contributed by atoms with Crippen molar-refractivity contribution in [2.75, 3.05) is 39.3 Å². The summed E-state index contributed by atoms with van der Waals surface area (Å²) in [5.41, 5.74) is 0. The van der Waals surface area contributed by atoms with Crippen LogP contribution in [0.25, 0.3) is 0 Å². The molecule has 16 heavy (non-hydrogen) atoms. The molecule has 2 aliphatic heterocycles. The van der Waals surface area contributed by atoms with Crippen molar-refractivity contribution >= 4 is 0 Å². The Morgan fingerprint density at radius 1 is 0.688 bits per heavy atom. The maximum absolute atomic E-state index is 2.67. The highest BCUT2D eigenvalue weighted by Gasteiger charge is 2.44. The second kappa shape index (κ2) is 4.30. The summed E-state index contributed by atoms with van der Waals surface area (Å²) in [5.74, 6) is 4.16. The topological polar surface area (TPSA) is 6.48 Å². The first-order chi connectivity index (χ1) is 7.80. The predicted molar refractivity (Wildman–Crippen MR) is 67.4 cm³/mol. The largest absolute Gasteiger partial charge is 0.303 e. The van der Waals surface area contributed by atoms with Gasteiger partial charge >= 0.3 is 0 Å². The predicted octanol–water partition coefficient (Wildman–Crippen LogP) is 1.92. The summed E-state index contributed by atoms with van der Waals surface area (Å²) in [6, 6.07) is 0. The summed E-state index contributed by atoms with van der Waals surface area (Å²) in [5, 5.41) is 0. The summed E-state index contributed by atoms with van der Waals surface area (Å²) >= 11 is 0. The Kier molecular flexibility index (Phi) is 2.97. The monoisotopic (exact) mass is 222 g/mol. The van der Waals surface area contributed by atoms with Gasteiger partial charge in [-0.15, -0.1) is 0 Å². The molecular weight excluding hydrogens is 196 g/mol. The first kappa shape index (κ1) is 11.0. The zero-order valence-electron chi connectivity index (χ0n) is 10.9. The molecule has 2 saturated heterocycles. The maximum atomic E-state index is 2.67. The van der Waals surface area contributed by atoms with Crippen LogP contribution in [0.2, 0.25) is 0 Å². The molecule has 0 radical (unpaired) electrons. The van der Waals surface area contributed by atoms with E-state index in [9.17, 15) is 0 Å². The number of hydrogen-bond acceptors (Lipinski definition) is 2. The van der Waals surface area contributed by atoms with E-state index < -0.39 is 0 Å². The smallest absolute Gasteiger partial charge is 0.00129 e. The van der Waals surface area contributed by atoms with Crippen LogP contribution in [0.3, 0.4) is 0 Å². The van der Waals surface area contributed by atoms with Crippen molar-refractivity contribution in [1.29, 1.82) is 0 Å². The molecule has 3 fully saturated rings. The molecule has 1 saturated carbocycles. The minimum Gasteiger partial charge on any atom is -0.303 e. The first-order valence-electron chi connectivity index (χ1n) is 7.24. The maximum Gasteiger partial charge on any atom is 0.00129 e. The third-order valence-electron chi connectivity index (χ3n) is 5.41. The highest BCUT2D eigenvalue weighted by atomic mass is 15.2. The highest BCUT2D eigenvalue weighted by molar-refractivity contribution is 4.96. The van der Waals surface area contributed by atoms with Gasteiger partial charge in [0, 0.05) is 26.2 Å².